The van der Waals surface area contributed by atoms with Crippen LogP contribution in [0.5, 0.6) is 0 Å². The maximum Gasteiger partial charge on any atom is 0.309 e. The van der Waals surface area contributed by atoms with Crippen molar-refractivity contribution in [1.82, 2.24) is 4.90 Å². The van der Waals surface area contributed by atoms with Crippen molar-refractivity contribution in [3.05, 3.63) is 35.9 Å². The number of carbonyl (C=O) groups is 1. The van der Waals surface area contributed by atoms with E-state index in [0.29, 0.717) is 17.9 Å². The first-order valence-electron chi connectivity index (χ1n) is 9.21. The van der Waals surface area contributed by atoms with Gasteiger partial charge in [-0.25, -0.2) is 0 Å². The smallest absolute Gasteiger partial charge is 0.309 e. The summed E-state index contributed by atoms with van der Waals surface area (Å²) in [4.78, 5) is 14.4. The van der Waals surface area contributed by atoms with Crippen molar-refractivity contribution < 1.29 is 9.90 Å². The predicted octanol–water partition coefficient (Wildman–Crippen LogP) is 3.90. The Labute approximate surface area is 138 Å². The van der Waals surface area contributed by atoms with Crippen molar-refractivity contribution in [2.75, 3.05) is 13.1 Å². The maximum absolute atomic E-state index is 11.9. The fraction of sp³-hybridized carbons (Fsp3) is 0.650. The van der Waals surface area contributed by atoms with Gasteiger partial charge in [-0.1, -0.05) is 30.3 Å². The number of aliphatic carboxylic acids is 1. The van der Waals surface area contributed by atoms with Gasteiger partial charge < -0.3 is 10.0 Å². The molecule has 23 heavy (non-hydrogen) atoms. The Bertz CT molecular complexity index is 560. The SMILES string of the molecule is O=C(O)C1(C2CC2)CCC(N2CCC(c3ccccc3)CC2)C1. The highest BCUT2D eigenvalue weighted by Crippen LogP contribution is 2.56. The summed E-state index contributed by atoms with van der Waals surface area (Å²) in [7, 11) is 0. The first kappa shape index (κ1) is 15.2. The Hall–Kier alpha value is -1.35. The van der Waals surface area contributed by atoms with Crippen LogP contribution in [0.1, 0.15) is 56.4 Å². The van der Waals surface area contributed by atoms with E-state index < -0.39 is 5.97 Å². The van der Waals surface area contributed by atoms with Crippen molar-refractivity contribution in [3.63, 3.8) is 0 Å². The molecule has 3 heteroatoms. The number of benzene rings is 1. The molecule has 3 aliphatic rings. The van der Waals surface area contributed by atoms with E-state index in [1.165, 1.54) is 18.4 Å². The second kappa shape index (κ2) is 5.94. The summed E-state index contributed by atoms with van der Waals surface area (Å²) < 4.78 is 0. The third-order valence-corrected chi connectivity index (χ3v) is 6.63. The van der Waals surface area contributed by atoms with Crippen LogP contribution in [0.4, 0.5) is 0 Å². The molecule has 2 unspecified atom stereocenters. The van der Waals surface area contributed by atoms with Gasteiger partial charge >= 0.3 is 5.97 Å². The second-order valence-corrected chi connectivity index (χ2v) is 7.85. The summed E-state index contributed by atoms with van der Waals surface area (Å²) in [6.07, 6.45) is 7.57. The highest BCUT2D eigenvalue weighted by molar-refractivity contribution is 5.76. The van der Waals surface area contributed by atoms with Gasteiger partial charge in [0.1, 0.15) is 0 Å². The number of nitrogens with zero attached hydrogens (tertiary/aromatic N) is 1. The van der Waals surface area contributed by atoms with Crippen LogP contribution in [0, 0.1) is 11.3 Å². The van der Waals surface area contributed by atoms with E-state index in [1.807, 2.05) is 0 Å². The zero-order chi connectivity index (χ0) is 15.9. The quantitative estimate of drug-likeness (QED) is 0.916. The van der Waals surface area contributed by atoms with Gasteiger partial charge in [0.2, 0.25) is 0 Å². The minimum Gasteiger partial charge on any atom is -0.481 e. The van der Waals surface area contributed by atoms with Crippen LogP contribution in [-0.4, -0.2) is 35.1 Å². The standard InChI is InChI=1S/C20H27NO2/c22-19(23)20(17-6-7-17)11-8-18(14-20)21-12-9-16(10-13-21)15-4-2-1-3-5-15/h1-5,16-18H,6-14H2,(H,22,23). The van der Waals surface area contributed by atoms with Gasteiger partial charge in [0.15, 0.2) is 0 Å². The number of carboxylic acid groups (broad SMARTS) is 1. The highest BCUT2D eigenvalue weighted by atomic mass is 16.4. The van der Waals surface area contributed by atoms with Crippen LogP contribution in [0.3, 0.4) is 0 Å². The van der Waals surface area contributed by atoms with E-state index in [1.54, 1.807) is 0 Å². The van der Waals surface area contributed by atoms with Crippen LogP contribution >= 0.6 is 0 Å². The molecule has 3 nitrogen and oxygen atoms in total. The molecule has 1 N–H and O–H groups in total. The molecule has 1 heterocycles. The first-order chi connectivity index (χ1) is 11.2. The Morgan fingerprint density at radius 3 is 2.35 bits per heavy atom. The molecule has 1 saturated heterocycles. The summed E-state index contributed by atoms with van der Waals surface area (Å²) >= 11 is 0. The first-order valence-corrected chi connectivity index (χ1v) is 9.21. The number of rotatable bonds is 4. The van der Waals surface area contributed by atoms with Crippen LogP contribution < -0.4 is 0 Å². The maximum atomic E-state index is 11.9. The molecule has 0 bridgehead atoms. The summed E-state index contributed by atoms with van der Waals surface area (Å²) in [6, 6.07) is 11.4. The zero-order valence-corrected chi connectivity index (χ0v) is 13.8. The Kier molecular flexibility index (Phi) is 3.92. The molecule has 0 aromatic heterocycles. The molecule has 4 rings (SSSR count). The zero-order valence-electron chi connectivity index (χ0n) is 13.8. The van der Waals surface area contributed by atoms with E-state index in [9.17, 15) is 9.90 Å². The van der Waals surface area contributed by atoms with E-state index in [-0.39, 0.29) is 5.41 Å². The van der Waals surface area contributed by atoms with E-state index in [0.717, 1.165) is 45.2 Å². The third-order valence-electron chi connectivity index (χ3n) is 6.63. The fourth-order valence-electron chi connectivity index (χ4n) is 5.06. The normalized spacial score (nSPS) is 33.0. The monoisotopic (exact) mass is 313 g/mol. The third kappa shape index (κ3) is 2.80. The Balaban J connectivity index is 1.37. The predicted molar refractivity (Wildman–Crippen MR) is 90.4 cm³/mol. The van der Waals surface area contributed by atoms with Gasteiger partial charge in [-0.15, -0.1) is 0 Å². The number of carboxylic acids is 1. The molecule has 3 fully saturated rings. The van der Waals surface area contributed by atoms with E-state index in [4.69, 9.17) is 0 Å². The lowest BCUT2D eigenvalue weighted by Gasteiger charge is -2.37. The molecule has 1 aromatic carbocycles. The molecular weight excluding hydrogens is 286 g/mol. The number of piperidine rings is 1. The Morgan fingerprint density at radius 1 is 1.04 bits per heavy atom. The summed E-state index contributed by atoms with van der Waals surface area (Å²) in [6.45, 7) is 2.26. The van der Waals surface area contributed by atoms with Crippen LogP contribution in [0.25, 0.3) is 0 Å². The van der Waals surface area contributed by atoms with Gasteiger partial charge in [-0.05, 0) is 75.4 Å². The molecule has 124 valence electrons. The molecule has 2 aliphatic carbocycles. The lowest BCUT2D eigenvalue weighted by atomic mass is 9.80. The summed E-state index contributed by atoms with van der Waals surface area (Å²) in [5.41, 5.74) is 1.08. The van der Waals surface area contributed by atoms with Crippen molar-refractivity contribution in [2.45, 2.75) is 56.9 Å². The van der Waals surface area contributed by atoms with Crippen molar-refractivity contribution in [3.8, 4) is 0 Å². The van der Waals surface area contributed by atoms with Gasteiger partial charge in [0.05, 0.1) is 5.41 Å². The van der Waals surface area contributed by atoms with Crippen molar-refractivity contribution >= 4 is 5.97 Å². The van der Waals surface area contributed by atoms with E-state index >= 15 is 0 Å². The average Bonchev–Trinajstić information content (AvgIpc) is 3.35. The minimum atomic E-state index is -0.526. The average molecular weight is 313 g/mol. The van der Waals surface area contributed by atoms with Gasteiger partial charge in [-0.3, -0.25) is 4.79 Å². The molecule has 0 amide bonds. The van der Waals surface area contributed by atoms with Gasteiger partial charge in [0.25, 0.3) is 0 Å². The number of hydrogen-bond donors (Lipinski definition) is 1. The summed E-state index contributed by atoms with van der Waals surface area (Å²) in [5, 5.41) is 9.76. The summed E-state index contributed by atoms with van der Waals surface area (Å²) in [5.74, 6) is 0.620. The van der Waals surface area contributed by atoms with Crippen LogP contribution in [0.15, 0.2) is 30.3 Å². The lowest BCUT2D eigenvalue weighted by molar-refractivity contribution is -0.150. The van der Waals surface area contributed by atoms with Crippen LogP contribution in [0.2, 0.25) is 0 Å². The topological polar surface area (TPSA) is 40.5 Å². The second-order valence-electron chi connectivity index (χ2n) is 7.85. The van der Waals surface area contributed by atoms with Crippen LogP contribution in [-0.2, 0) is 4.79 Å². The molecular formula is C20H27NO2. The fourth-order valence-corrected chi connectivity index (χ4v) is 5.06. The Morgan fingerprint density at radius 2 is 1.74 bits per heavy atom. The molecule has 2 atom stereocenters. The molecule has 1 aliphatic heterocycles. The number of likely N-dealkylation sites (tertiary alicyclic amines) is 1. The highest BCUT2D eigenvalue weighted by Gasteiger charge is 2.55. The largest absolute Gasteiger partial charge is 0.481 e. The van der Waals surface area contributed by atoms with Gasteiger partial charge in [-0.2, -0.15) is 0 Å². The molecule has 0 radical (unpaired) electrons. The molecule has 0 spiro atoms. The lowest BCUT2D eigenvalue weighted by Crippen LogP contribution is -2.41. The van der Waals surface area contributed by atoms with Gasteiger partial charge in [0, 0.05) is 6.04 Å². The number of hydrogen-bond acceptors (Lipinski definition) is 2. The molecule has 1 aromatic rings. The van der Waals surface area contributed by atoms with Crippen molar-refractivity contribution in [1.29, 1.82) is 0 Å². The minimum absolute atomic E-state index is 0.388. The molecule has 2 saturated carbocycles. The van der Waals surface area contributed by atoms with Crippen molar-refractivity contribution in [2.24, 2.45) is 11.3 Å². The van der Waals surface area contributed by atoms with E-state index in [2.05, 4.69) is 35.2 Å².